The van der Waals surface area contributed by atoms with Gasteiger partial charge >= 0.3 is 0 Å². The van der Waals surface area contributed by atoms with Crippen molar-refractivity contribution >= 4 is 11.5 Å². The Morgan fingerprint density at radius 3 is 2.50 bits per heavy atom. The van der Waals surface area contributed by atoms with E-state index in [-0.39, 0.29) is 29.9 Å². The van der Waals surface area contributed by atoms with Crippen molar-refractivity contribution in [3.05, 3.63) is 77.0 Å². The summed E-state index contributed by atoms with van der Waals surface area (Å²) in [5.41, 5.74) is 7.19. The zero-order valence-corrected chi connectivity index (χ0v) is 21.3. The highest BCUT2D eigenvalue weighted by Crippen LogP contribution is 2.37. The third-order valence-corrected chi connectivity index (χ3v) is 7.48. The number of aromatic nitrogens is 2. The number of nitrogens with zero attached hydrogens (tertiary/aromatic N) is 3. The highest BCUT2D eigenvalue weighted by atomic mass is 19.1. The molecule has 1 saturated heterocycles. The third-order valence-electron chi connectivity index (χ3n) is 7.48. The van der Waals surface area contributed by atoms with Crippen LogP contribution in [0.4, 0.5) is 18.9 Å². The summed E-state index contributed by atoms with van der Waals surface area (Å²) in [5, 5.41) is 0. The molecule has 1 aliphatic carbocycles. The fraction of sp³-hybridized carbons (Fsp3) is 0.414. The van der Waals surface area contributed by atoms with Crippen molar-refractivity contribution in [1.29, 1.82) is 0 Å². The summed E-state index contributed by atoms with van der Waals surface area (Å²) in [6.45, 7) is 4.08. The maximum atomic E-state index is 15.1. The summed E-state index contributed by atoms with van der Waals surface area (Å²) in [6.07, 6.45) is 6.12. The van der Waals surface area contributed by atoms with E-state index in [4.69, 9.17) is 10.5 Å². The Bertz CT molecular complexity index is 1300. The minimum Gasteiger partial charge on any atom is -0.378 e. The van der Waals surface area contributed by atoms with Crippen LogP contribution in [0.3, 0.4) is 0 Å². The van der Waals surface area contributed by atoms with E-state index in [0.29, 0.717) is 37.9 Å². The van der Waals surface area contributed by atoms with Crippen LogP contribution >= 0.6 is 0 Å². The highest BCUT2D eigenvalue weighted by Gasteiger charge is 2.28. The quantitative estimate of drug-likeness (QED) is 0.455. The zero-order chi connectivity index (χ0) is 26.8. The second kappa shape index (κ2) is 11.2. The number of benzene rings is 1. The summed E-state index contributed by atoms with van der Waals surface area (Å²) in [6, 6.07) is 6.61. The number of nitrogens with two attached hydrogens (primary N) is 1. The van der Waals surface area contributed by atoms with Gasteiger partial charge in [0.25, 0.3) is 0 Å². The van der Waals surface area contributed by atoms with Crippen LogP contribution < -0.4 is 10.6 Å². The first-order chi connectivity index (χ1) is 18.3. The van der Waals surface area contributed by atoms with Crippen molar-refractivity contribution < 1.29 is 22.7 Å². The number of rotatable bonds is 6. The van der Waals surface area contributed by atoms with Gasteiger partial charge < -0.3 is 15.4 Å². The highest BCUT2D eigenvalue weighted by molar-refractivity contribution is 5.96. The molecule has 0 amide bonds. The van der Waals surface area contributed by atoms with Crippen LogP contribution in [0.1, 0.15) is 53.7 Å². The molecule has 1 aliphatic heterocycles. The van der Waals surface area contributed by atoms with Gasteiger partial charge in [-0.15, -0.1) is 0 Å². The monoisotopic (exact) mass is 524 g/mol. The first-order valence-corrected chi connectivity index (χ1v) is 13.0. The summed E-state index contributed by atoms with van der Waals surface area (Å²) in [7, 11) is 0. The summed E-state index contributed by atoms with van der Waals surface area (Å²) >= 11 is 0. The molecule has 0 spiro atoms. The Balaban J connectivity index is 1.42. The van der Waals surface area contributed by atoms with Crippen LogP contribution in [0.15, 0.2) is 42.7 Å². The average Bonchev–Trinajstić information content (AvgIpc) is 2.89. The number of pyridine rings is 2. The number of morpholine rings is 1. The largest absolute Gasteiger partial charge is 0.378 e. The molecule has 0 radical (unpaired) electrons. The van der Waals surface area contributed by atoms with E-state index in [2.05, 4.69) is 16.9 Å². The van der Waals surface area contributed by atoms with E-state index < -0.39 is 28.7 Å². The normalized spacial score (nSPS) is 21.9. The van der Waals surface area contributed by atoms with Crippen molar-refractivity contribution in [2.75, 3.05) is 31.2 Å². The molecule has 200 valence electrons. The van der Waals surface area contributed by atoms with Crippen molar-refractivity contribution in [3.8, 4) is 11.3 Å². The van der Waals surface area contributed by atoms with Gasteiger partial charge in [-0.1, -0.05) is 6.92 Å². The minimum atomic E-state index is -0.945. The van der Waals surface area contributed by atoms with Crippen molar-refractivity contribution in [3.63, 3.8) is 0 Å². The molecule has 3 heterocycles. The topological polar surface area (TPSA) is 81.3 Å². The molecule has 6 nitrogen and oxygen atoms in total. The van der Waals surface area contributed by atoms with Crippen molar-refractivity contribution in [2.45, 2.75) is 44.6 Å². The summed E-state index contributed by atoms with van der Waals surface area (Å²) < 4.78 is 50.3. The number of hydrogen-bond donors (Lipinski definition) is 1. The molecular weight excluding hydrogens is 493 g/mol. The molecule has 2 N–H and O–H groups in total. The number of hydrogen-bond acceptors (Lipinski definition) is 6. The van der Waals surface area contributed by atoms with Crippen molar-refractivity contribution in [1.82, 2.24) is 9.97 Å². The van der Waals surface area contributed by atoms with Gasteiger partial charge in [-0.25, -0.2) is 18.2 Å². The predicted octanol–water partition coefficient (Wildman–Crippen LogP) is 5.05. The lowest BCUT2D eigenvalue weighted by Gasteiger charge is -2.32. The number of anilines is 1. The first kappa shape index (κ1) is 26.3. The number of carbonyl (C=O) groups excluding carboxylic acids is 1. The van der Waals surface area contributed by atoms with Crippen LogP contribution in [0.25, 0.3) is 11.3 Å². The molecule has 9 heteroatoms. The van der Waals surface area contributed by atoms with Crippen molar-refractivity contribution in [2.24, 2.45) is 11.7 Å². The molecule has 3 atom stereocenters. The lowest BCUT2D eigenvalue weighted by atomic mass is 9.75. The molecule has 5 rings (SSSR count). The van der Waals surface area contributed by atoms with E-state index >= 15 is 8.78 Å². The molecule has 1 saturated carbocycles. The molecule has 38 heavy (non-hydrogen) atoms. The molecule has 0 unspecified atom stereocenters. The zero-order valence-electron chi connectivity index (χ0n) is 21.3. The standard InChI is InChI=1S/C29H31F3N4O2/c1-17-10-18(12-20(33)11-17)22-4-5-34-16-19(22)13-27(37)26-3-2-23(30)29(35-26)28-24(31)14-21(15-25(28)32)36-6-8-38-9-7-36/h2-5,14-18,20H,6-13,33H2,1H3/t17-,18+,20-/m0/s1. The maximum Gasteiger partial charge on any atom is 0.185 e. The predicted molar refractivity (Wildman–Crippen MR) is 139 cm³/mol. The van der Waals surface area contributed by atoms with E-state index in [1.807, 2.05) is 6.07 Å². The SMILES string of the molecule is C[C@@H]1C[C@H](N)C[C@H](c2ccncc2CC(=O)c2ccc(F)c(-c3c(F)cc(N4CCOCC4)cc3F)n2)C1. The number of Topliss-reactive ketones (excluding diaryl/α,β-unsaturated/α-hetero) is 1. The van der Waals surface area contributed by atoms with Crippen LogP contribution in [0.2, 0.25) is 0 Å². The van der Waals surface area contributed by atoms with Crippen LogP contribution in [0.5, 0.6) is 0 Å². The Labute approximate surface area is 220 Å². The Kier molecular flexibility index (Phi) is 7.76. The Morgan fingerprint density at radius 2 is 1.79 bits per heavy atom. The average molecular weight is 525 g/mol. The maximum absolute atomic E-state index is 15.1. The van der Waals surface area contributed by atoms with Gasteiger partial charge in [0, 0.05) is 43.6 Å². The number of carbonyl (C=O) groups is 1. The van der Waals surface area contributed by atoms with Crippen LogP contribution in [-0.2, 0) is 11.2 Å². The molecule has 2 aliphatic rings. The second-order valence-corrected chi connectivity index (χ2v) is 10.4. The number of halogens is 3. The minimum absolute atomic E-state index is 0.0116. The van der Waals surface area contributed by atoms with Gasteiger partial charge in [0.05, 0.1) is 18.8 Å². The molecule has 1 aromatic carbocycles. The Hall–Kier alpha value is -3.30. The van der Waals surface area contributed by atoms with Gasteiger partial charge in [0.15, 0.2) is 5.78 Å². The van der Waals surface area contributed by atoms with Gasteiger partial charge in [0.1, 0.15) is 28.8 Å². The smallest absolute Gasteiger partial charge is 0.185 e. The van der Waals surface area contributed by atoms with E-state index in [9.17, 15) is 9.18 Å². The van der Waals surface area contributed by atoms with Crippen LogP contribution in [-0.4, -0.2) is 48.1 Å². The lowest BCUT2D eigenvalue weighted by molar-refractivity contribution is 0.0987. The Morgan fingerprint density at radius 1 is 1.05 bits per heavy atom. The molecule has 2 aromatic heterocycles. The van der Waals surface area contributed by atoms with Gasteiger partial charge in [-0.3, -0.25) is 9.78 Å². The van der Waals surface area contributed by atoms with E-state index in [1.54, 1.807) is 17.3 Å². The van der Waals surface area contributed by atoms with Gasteiger partial charge in [-0.2, -0.15) is 0 Å². The van der Waals surface area contributed by atoms with E-state index in [0.717, 1.165) is 48.6 Å². The lowest BCUT2D eigenvalue weighted by Crippen LogP contribution is -2.36. The molecule has 0 bridgehead atoms. The van der Waals surface area contributed by atoms with Gasteiger partial charge in [0.2, 0.25) is 0 Å². The van der Waals surface area contributed by atoms with E-state index in [1.165, 1.54) is 6.07 Å². The molecular formula is C29H31F3N4O2. The fourth-order valence-corrected chi connectivity index (χ4v) is 5.72. The first-order valence-electron chi connectivity index (χ1n) is 13.0. The summed E-state index contributed by atoms with van der Waals surface area (Å²) in [4.78, 5) is 23.3. The number of ketones is 1. The molecule has 3 aromatic rings. The second-order valence-electron chi connectivity index (χ2n) is 10.4. The summed E-state index contributed by atoms with van der Waals surface area (Å²) in [5.74, 6) is -2.50. The fourth-order valence-electron chi connectivity index (χ4n) is 5.72. The number of ether oxygens (including phenoxy) is 1. The molecule has 2 fully saturated rings. The third kappa shape index (κ3) is 5.59. The van der Waals surface area contributed by atoms with Gasteiger partial charge in [-0.05, 0) is 72.6 Å². The van der Waals surface area contributed by atoms with Crippen LogP contribution in [0, 0.1) is 23.4 Å².